The number of aromatic nitrogens is 3. The highest BCUT2D eigenvalue weighted by atomic mass is 32.2. The Hall–Kier alpha value is -3.20. The number of nitro groups is 1. The van der Waals surface area contributed by atoms with Gasteiger partial charge in [0.2, 0.25) is 0 Å². The molecule has 9 heteroatoms. The Morgan fingerprint density at radius 1 is 1.17 bits per heavy atom. The van der Waals surface area contributed by atoms with E-state index in [1.807, 2.05) is 36.6 Å². The lowest BCUT2D eigenvalue weighted by atomic mass is 10.2. The van der Waals surface area contributed by atoms with Crippen LogP contribution in [-0.2, 0) is 12.3 Å². The second kappa shape index (κ2) is 9.33. The van der Waals surface area contributed by atoms with Crippen molar-refractivity contribution in [3.63, 3.8) is 0 Å². The molecule has 0 aliphatic rings. The molecule has 0 saturated carbocycles. The second-order valence-corrected chi connectivity index (χ2v) is 7.30. The molecule has 0 bridgehead atoms. The summed E-state index contributed by atoms with van der Waals surface area (Å²) in [5.41, 5.74) is 1.62. The first-order chi connectivity index (χ1) is 14.0. The number of rotatable bonds is 8. The van der Waals surface area contributed by atoms with Gasteiger partial charge in [0.25, 0.3) is 11.6 Å². The Bertz CT molecular complexity index is 989. The molecule has 8 nitrogen and oxygen atoms in total. The van der Waals surface area contributed by atoms with Crippen LogP contribution in [0, 0.1) is 10.1 Å². The summed E-state index contributed by atoms with van der Waals surface area (Å²) in [5, 5.41) is 23.0. The van der Waals surface area contributed by atoms with Crippen molar-refractivity contribution < 1.29 is 9.72 Å². The van der Waals surface area contributed by atoms with Crippen molar-refractivity contribution >= 4 is 23.4 Å². The summed E-state index contributed by atoms with van der Waals surface area (Å²) >= 11 is 1.50. The molecule has 29 heavy (non-hydrogen) atoms. The fourth-order valence-electron chi connectivity index (χ4n) is 2.82. The summed E-state index contributed by atoms with van der Waals surface area (Å²) in [6, 6.07) is 15.2. The van der Waals surface area contributed by atoms with Crippen LogP contribution in [0.25, 0.3) is 0 Å². The van der Waals surface area contributed by atoms with Crippen LogP contribution < -0.4 is 5.32 Å². The van der Waals surface area contributed by atoms with Gasteiger partial charge in [0.05, 0.1) is 11.0 Å². The number of carbonyl (C=O) groups excluding carboxylic acids is 1. The predicted octanol–water partition coefficient (Wildman–Crippen LogP) is 3.99. The highest BCUT2D eigenvalue weighted by Gasteiger charge is 2.19. The Morgan fingerprint density at radius 2 is 1.86 bits per heavy atom. The maximum absolute atomic E-state index is 12.4. The molecule has 0 aliphatic heterocycles. The lowest BCUT2D eigenvalue weighted by Gasteiger charge is -2.15. The SMILES string of the molecule is CCn1c(SCc2ccc([N+](=O)[O-])cc2)nnc1[C@H](C)NC(=O)c1ccccc1. The van der Waals surface area contributed by atoms with Crippen molar-refractivity contribution in [1.29, 1.82) is 0 Å². The van der Waals surface area contributed by atoms with Gasteiger partial charge in [-0.25, -0.2) is 0 Å². The van der Waals surface area contributed by atoms with Crippen LogP contribution in [0.3, 0.4) is 0 Å². The molecular weight excluding hydrogens is 390 g/mol. The maximum atomic E-state index is 12.4. The summed E-state index contributed by atoms with van der Waals surface area (Å²) in [6.07, 6.45) is 0. The second-order valence-electron chi connectivity index (χ2n) is 6.36. The van der Waals surface area contributed by atoms with Gasteiger partial charge in [0.15, 0.2) is 11.0 Å². The maximum Gasteiger partial charge on any atom is 0.269 e. The first-order valence-electron chi connectivity index (χ1n) is 9.14. The number of nitrogens with zero attached hydrogens (tertiary/aromatic N) is 4. The van der Waals surface area contributed by atoms with E-state index in [1.54, 1.807) is 24.3 Å². The molecule has 3 aromatic rings. The summed E-state index contributed by atoms with van der Waals surface area (Å²) in [6.45, 7) is 4.53. The van der Waals surface area contributed by atoms with Gasteiger partial charge in [-0.1, -0.05) is 42.1 Å². The van der Waals surface area contributed by atoms with Gasteiger partial charge in [-0.05, 0) is 31.5 Å². The fraction of sp³-hybridized carbons (Fsp3) is 0.250. The number of nitro benzene ring substituents is 1. The summed E-state index contributed by atoms with van der Waals surface area (Å²) in [5.74, 6) is 1.13. The molecular formula is C20H21N5O3S. The summed E-state index contributed by atoms with van der Waals surface area (Å²) < 4.78 is 1.96. The molecule has 0 spiro atoms. The van der Waals surface area contributed by atoms with Crippen molar-refractivity contribution in [2.24, 2.45) is 0 Å². The molecule has 0 fully saturated rings. The molecule has 0 aliphatic carbocycles. The molecule has 1 heterocycles. The number of thioether (sulfide) groups is 1. The number of hydrogen-bond acceptors (Lipinski definition) is 6. The average molecular weight is 411 g/mol. The van der Waals surface area contributed by atoms with E-state index in [2.05, 4.69) is 15.5 Å². The molecule has 1 atom stereocenters. The van der Waals surface area contributed by atoms with E-state index in [4.69, 9.17) is 0 Å². The van der Waals surface area contributed by atoms with E-state index in [0.29, 0.717) is 23.7 Å². The number of hydrogen-bond donors (Lipinski definition) is 1. The van der Waals surface area contributed by atoms with E-state index >= 15 is 0 Å². The summed E-state index contributed by atoms with van der Waals surface area (Å²) in [4.78, 5) is 22.7. The van der Waals surface area contributed by atoms with Crippen LogP contribution in [-0.4, -0.2) is 25.6 Å². The molecule has 150 valence electrons. The van der Waals surface area contributed by atoms with Gasteiger partial charge in [-0.2, -0.15) is 0 Å². The first kappa shape index (κ1) is 20.5. The van der Waals surface area contributed by atoms with Crippen LogP contribution in [0.5, 0.6) is 0 Å². The number of benzene rings is 2. The zero-order chi connectivity index (χ0) is 20.8. The van der Waals surface area contributed by atoms with Crippen LogP contribution in [0.4, 0.5) is 5.69 Å². The van der Waals surface area contributed by atoms with Gasteiger partial charge in [-0.3, -0.25) is 14.9 Å². The monoisotopic (exact) mass is 411 g/mol. The van der Waals surface area contributed by atoms with E-state index < -0.39 is 4.92 Å². The topological polar surface area (TPSA) is 103 Å². The first-order valence-corrected chi connectivity index (χ1v) is 10.1. The van der Waals surface area contributed by atoms with Crippen LogP contribution in [0.2, 0.25) is 0 Å². The minimum Gasteiger partial charge on any atom is -0.342 e. The minimum atomic E-state index is -0.415. The molecule has 3 rings (SSSR count). The molecule has 1 aromatic heterocycles. The number of nitrogens with one attached hydrogen (secondary N) is 1. The van der Waals surface area contributed by atoms with Crippen molar-refractivity contribution in [3.8, 4) is 0 Å². The Labute approximate surface area is 172 Å². The molecule has 1 N–H and O–H groups in total. The van der Waals surface area contributed by atoms with Crippen LogP contribution in [0.15, 0.2) is 59.8 Å². The average Bonchev–Trinajstić information content (AvgIpc) is 3.16. The molecule has 0 unspecified atom stereocenters. The summed E-state index contributed by atoms with van der Waals surface area (Å²) in [7, 11) is 0. The highest BCUT2D eigenvalue weighted by molar-refractivity contribution is 7.98. The van der Waals surface area contributed by atoms with Crippen molar-refractivity contribution in [1.82, 2.24) is 20.1 Å². The minimum absolute atomic E-state index is 0.0701. The third kappa shape index (κ3) is 5.00. The van der Waals surface area contributed by atoms with Gasteiger partial charge >= 0.3 is 0 Å². The highest BCUT2D eigenvalue weighted by Crippen LogP contribution is 2.25. The quantitative estimate of drug-likeness (QED) is 0.341. The smallest absolute Gasteiger partial charge is 0.269 e. The van der Waals surface area contributed by atoms with Gasteiger partial charge in [0.1, 0.15) is 0 Å². The third-order valence-electron chi connectivity index (χ3n) is 4.35. The van der Waals surface area contributed by atoms with Crippen molar-refractivity contribution in [2.75, 3.05) is 0 Å². The van der Waals surface area contributed by atoms with E-state index in [-0.39, 0.29) is 17.6 Å². The number of carbonyl (C=O) groups is 1. The van der Waals surface area contributed by atoms with Crippen LogP contribution >= 0.6 is 11.8 Å². The Morgan fingerprint density at radius 3 is 2.48 bits per heavy atom. The van der Waals surface area contributed by atoms with Gasteiger partial charge in [-0.15, -0.1) is 10.2 Å². The molecule has 0 radical (unpaired) electrons. The number of amides is 1. The normalized spacial score (nSPS) is 11.8. The fourth-order valence-corrected chi connectivity index (χ4v) is 3.79. The standard InChI is InChI=1S/C20H21N5O3S/c1-3-24-18(14(2)21-19(26)16-7-5-4-6-8-16)22-23-20(24)29-13-15-9-11-17(12-10-15)25(27)28/h4-12,14H,3,13H2,1-2H3,(H,21,26)/t14-/m0/s1. The predicted molar refractivity (Wildman–Crippen MR) is 111 cm³/mol. The molecule has 0 saturated heterocycles. The Kier molecular flexibility index (Phi) is 6.61. The van der Waals surface area contributed by atoms with Crippen LogP contribution in [0.1, 0.15) is 41.6 Å². The number of non-ortho nitro benzene ring substituents is 1. The third-order valence-corrected chi connectivity index (χ3v) is 5.39. The van der Waals surface area contributed by atoms with E-state index in [9.17, 15) is 14.9 Å². The molecule has 1 amide bonds. The van der Waals surface area contributed by atoms with Crippen molar-refractivity contribution in [2.45, 2.75) is 37.3 Å². The lowest BCUT2D eigenvalue weighted by molar-refractivity contribution is -0.384. The Balaban J connectivity index is 1.67. The van der Waals surface area contributed by atoms with E-state index in [1.165, 1.54) is 23.9 Å². The molecule has 2 aromatic carbocycles. The van der Waals surface area contributed by atoms with Gasteiger partial charge in [0, 0.05) is 30.0 Å². The van der Waals surface area contributed by atoms with E-state index in [0.717, 1.165) is 10.7 Å². The van der Waals surface area contributed by atoms with Crippen molar-refractivity contribution in [3.05, 3.63) is 81.7 Å². The zero-order valence-electron chi connectivity index (χ0n) is 16.1. The lowest BCUT2D eigenvalue weighted by Crippen LogP contribution is -2.28. The zero-order valence-corrected chi connectivity index (χ0v) is 16.9. The van der Waals surface area contributed by atoms with Gasteiger partial charge < -0.3 is 9.88 Å². The largest absolute Gasteiger partial charge is 0.342 e.